The number of anilines is 3. The Hall–Kier alpha value is -1.79. The lowest BCUT2D eigenvalue weighted by molar-refractivity contribution is -0.113. The monoisotopic (exact) mass is 414 g/mol. The number of nitrogens with one attached hydrogen (secondary N) is 2. The third kappa shape index (κ3) is 4.07. The molecule has 5 nitrogen and oxygen atoms in total. The molecule has 0 radical (unpaired) electrons. The van der Waals surface area contributed by atoms with Gasteiger partial charge >= 0.3 is 0 Å². The highest BCUT2D eigenvalue weighted by molar-refractivity contribution is 6.42. The molecular formula is C16H10Cl4N4O. The molecule has 0 spiro atoms. The van der Waals surface area contributed by atoms with Crippen molar-refractivity contribution in [2.24, 2.45) is 0 Å². The molecule has 1 amide bonds. The first kappa shape index (κ1) is 18.0. The second-order valence-corrected chi connectivity index (χ2v) is 6.50. The van der Waals surface area contributed by atoms with E-state index in [1.165, 1.54) is 6.33 Å². The summed E-state index contributed by atoms with van der Waals surface area (Å²) in [5.74, 6) is -0.00574. The molecule has 3 rings (SSSR count). The predicted molar refractivity (Wildman–Crippen MR) is 104 cm³/mol. The van der Waals surface area contributed by atoms with Crippen molar-refractivity contribution in [2.75, 3.05) is 16.5 Å². The zero-order chi connectivity index (χ0) is 18.0. The molecule has 25 heavy (non-hydrogen) atoms. The third-order valence-electron chi connectivity index (χ3n) is 3.30. The van der Waals surface area contributed by atoms with Crippen molar-refractivity contribution in [3.63, 3.8) is 0 Å². The summed E-state index contributed by atoms with van der Waals surface area (Å²) >= 11 is 23.7. The Balaban J connectivity index is 2.03. The summed E-state index contributed by atoms with van der Waals surface area (Å²) in [7, 11) is 0. The van der Waals surface area contributed by atoms with Crippen molar-refractivity contribution in [3.05, 3.63) is 51.7 Å². The molecule has 0 aliphatic heterocycles. The number of carbonyl (C=O) groups is 1. The van der Waals surface area contributed by atoms with Crippen LogP contribution < -0.4 is 10.6 Å². The largest absolute Gasteiger partial charge is 0.340 e. The van der Waals surface area contributed by atoms with Gasteiger partial charge < -0.3 is 10.6 Å². The quantitative estimate of drug-likeness (QED) is 0.551. The van der Waals surface area contributed by atoms with Crippen molar-refractivity contribution < 1.29 is 4.79 Å². The lowest BCUT2D eigenvalue weighted by Crippen LogP contribution is -2.13. The van der Waals surface area contributed by atoms with Crippen LogP contribution in [0.1, 0.15) is 0 Å². The standard InChI is InChI=1S/C16H10Cl4N4O/c17-6-15(25)24-14-4-9-13(5-12(14)20)21-7-22-16(9)23-8-1-2-10(18)11(19)3-8/h1-5,7H,6H2,(H,24,25)(H,21,22,23). The minimum Gasteiger partial charge on any atom is -0.340 e. The van der Waals surface area contributed by atoms with E-state index in [1.807, 2.05) is 0 Å². The van der Waals surface area contributed by atoms with E-state index in [1.54, 1.807) is 30.3 Å². The van der Waals surface area contributed by atoms with Crippen LogP contribution in [0.15, 0.2) is 36.7 Å². The van der Waals surface area contributed by atoms with E-state index in [9.17, 15) is 4.79 Å². The van der Waals surface area contributed by atoms with Gasteiger partial charge in [0.25, 0.3) is 0 Å². The normalized spacial score (nSPS) is 10.7. The molecule has 3 aromatic rings. The van der Waals surface area contributed by atoms with E-state index in [0.717, 1.165) is 0 Å². The molecule has 0 aliphatic rings. The van der Waals surface area contributed by atoms with Crippen molar-refractivity contribution in [1.29, 1.82) is 0 Å². The van der Waals surface area contributed by atoms with E-state index in [0.29, 0.717) is 43.2 Å². The van der Waals surface area contributed by atoms with Crippen LogP contribution in [0.3, 0.4) is 0 Å². The van der Waals surface area contributed by atoms with E-state index >= 15 is 0 Å². The van der Waals surface area contributed by atoms with E-state index in [2.05, 4.69) is 20.6 Å². The molecule has 1 heterocycles. The van der Waals surface area contributed by atoms with Gasteiger partial charge in [-0.15, -0.1) is 11.6 Å². The number of amides is 1. The summed E-state index contributed by atoms with van der Waals surface area (Å²) in [6.07, 6.45) is 1.41. The number of aromatic nitrogens is 2. The maximum Gasteiger partial charge on any atom is 0.239 e. The molecule has 0 aliphatic carbocycles. The SMILES string of the molecule is O=C(CCl)Nc1cc2c(Nc3ccc(Cl)c(Cl)c3)ncnc2cc1Cl. The van der Waals surface area contributed by atoms with Crippen LogP contribution in [0.4, 0.5) is 17.2 Å². The van der Waals surface area contributed by atoms with Gasteiger partial charge in [0.05, 0.1) is 26.3 Å². The average Bonchev–Trinajstić information content (AvgIpc) is 2.59. The second kappa shape index (κ2) is 7.62. The van der Waals surface area contributed by atoms with Crippen LogP contribution in [-0.4, -0.2) is 21.8 Å². The molecule has 0 saturated carbocycles. The number of benzene rings is 2. The first-order chi connectivity index (χ1) is 12.0. The number of rotatable bonds is 4. The third-order valence-corrected chi connectivity index (χ3v) is 4.60. The van der Waals surface area contributed by atoms with Crippen molar-refractivity contribution in [1.82, 2.24) is 9.97 Å². The van der Waals surface area contributed by atoms with Crippen molar-refractivity contribution in [3.8, 4) is 0 Å². The van der Waals surface area contributed by atoms with Gasteiger partial charge in [-0.3, -0.25) is 4.79 Å². The molecule has 9 heteroatoms. The average molecular weight is 416 g/mol. The summed E-state index contributed by atoms with van der Waals surface area (Å²) in [4.78, 5) is 20.0. The van der Waals surface area contributed by atoms with Gasteiger partial charge in [-0.05, 0) is 30.3 Å². The Morgan fingerprint density at radius 2 is 1.80 bits per heavy atom. The van der Waals surface area contributed by atoms with E-state index in [-0.39, 0.29) is 11.8 Å². The van der Waals surface area contributed by atoms with Gasteiger partial charge in [0, 0.05) is 11.1 Å². The van der Waals surface area contributed by atoms with Crippen LogP contribution in [0.5, 0.6) is 0 Å². The Kier molecular flexibility index (Phi) is 5.49. The summed E-state index contributed by atoms with van der Waals surface area (Å²) in [5, 5.41) is 7.68. The molecule has 0 saturated heterocycles. The van der Waals surface area contributed by atoms with Crippen molar-refractivity contribution in [2.45, 2.75) is 0 Å². The van der Waals surface area contributed by atoms with Gasteiger partial charge in [-0.1, -0.05) is 34.8 Å². The predicted octanol–water partition coefficient (Wildman–Crippen LogP) is 5.51. The number of halogens is 4. The first-order valence-corrected chi connectivity index (χ1v) is 8.67. The van der Waals surface area contributed by atoms with E-state index in [4.69, 9.17) is 46.4 Å². The minimum absolute atomic E-state index is 0.173. The van der Waals surface area contributed by atoms with Gasteiger partial charge in [-0.25, -0.2) is 9.97 Å². The molecule has 1 aromatic heterocycles. The fourth-order valence-corrected chi connectivity index (χ4v) is 2.74. The Morgan fingerprint density at radius 1 is 1.00 bits per heavy atom. The lowest BCUT2D eigenvalue weighted by Gasteiger charge is -2.12. The van der Waals surface area contributed by atoms with Gasteiger partial charge in [0.2, 0.25) is 5.91 Å². The number of alkyl halides is 1. The molecule has 0 atom stereocenters. The lowest BCUT2D eigenvalue weighted by atomic mass is 10.2. The summed E-state index contributed by atoms with van der Waals surface area (Å²) < 4.78 is 0. The molecular weight excluding hydrogens is 406 g/mol. The number of hydrogen-bond acceptors (Lipinski definition) is 4. The van der Waals surface area contributed by atoms with Crippen LogP contribution in [0.2, 0.25) is 15.1 Å². The fourth-order valence-electron chi connectivity index (χ4n) is 2.17. The highest BCUT2D eigenvalue weighted by Gasteiger charge is 2.11. The number of hydrogen-bond donors (Lipinski definition) is 2. The second-order valence-electron chi connectivity index (χ2n) is 5.01. The van der Waals surface area contributed by atoms with Gasteiger partial charge in [0.1, 0.15) is 18.0 Å². The molecule has 0 fully saturated rings. The molecule has 2 aromatic carbocycles. The van der Waals surface area contributed by atoms with Crippen molar-refractivity contribution >= 4 is 80.4 Å². The Bertz CT molecular complexity index is 964. The first-order valence-electron chi connectivity index (χ1n) is 7.00. The molecule has 0 bridgehead atoms. The zero-order valence-electron chi connectivity index (χ0n) is 12.5. The maximum absolute atomic E-state index is 11.5. The maximum atomic E-state index is 11.5. The fraction of sp³-hybridized carbons (Fsp3) is 0.0625. The number of nitrogens with zero attached hydrogens (tertiary/aromatic N) is 2. The van der Waals surface area contributed by atoms with Crippen LogP contribution in [-0.2, 0) is 4.79 Å². The number of fused-ring (bicyclic) bond motifs is 1. The Labute approximate surface area is 163 Å². The highest BCUT2D eigenvalue weighted by Crippen LogP contribution is 2.32. The van der Waals surface area contributed by atoms with Crippen LogP contribution >= 0.6 is 46.4 Å². The van der Waals surface area contributed by atoms with E-state index < -0.39 is 0 Å². The summed E-state index contributed by atoms with van der Waals surface area (Å²) in [5.41, 5.74) is 1.74. The van der Waals surface area contributed by atoms with Gasteiger partial charge in [0.15, 0.2) is 0 Å². The summed E-state index contributed by atoms with van der Waals surface area (Å²) in [6.45, 7) is 0. The molecule has 2 N–H and O–H groups in total. The number of carbonyl (C=O) groups excluding carboxylic acids is 1. The van der Waals surface area contributed by atoms with Crippen LogP contribution in [0, 0.1) is 0 Å². The summed E-state index contributed by atoms with van der Waals surface area (Å²) in [6, 6.07) is 8.46. The molecule has 0 unspecified atom stereocenters. The zero-order valence-corrected chi connectivity index (χ0v) is 15.5. The van der Waals surface area contributed by atoms with Crippen LogP contribution in [0.25, 0.3) is 10.9 Å². The molecule has 128 valence electrons. The topological polar surface area (TPSA) is 66.9 Å². The highest BCUT2D eigenvalue weighted by atomic mass is 35.5. The van der Waals surface area contributed by atoms with Gasteiger partial charge in [-0.2, -0.15) is 0 Å². The smallest absolute Gasteiger partial charge is 0.239 e. The minimum atomic E-state index is -0.362. The Morgan fingerprint density at radius 3 is 2.52 bits per heavy atom.